The van der Waals surface area contributed by atoms with Crippen molar-refractivity contribution in [2.75, 3.05) is 25.4 Å². The number of aromatic nitrogens is 1. The lowest BCUT2D eigenvalue weighted by Gasteiger charge is -2.28. The van der Waals surface area contributed by atoms with Crippen LogP contribution in [0, 0.1) is 6.92 Å². The van der Waals surface area contributed by atoms with Crippen molar-refractivity contribution in [2.24, 2.45) is 10.7 Å². The number of nitrogens with zero attached hydrogens (tertiary/aromatic N) is 2. The number of aliphatic hydroxyl groups is 1. The van der Waals surface area contributed by atoms with Crippen LogP contribution in [0.25, 0.3) is 10.9 Å². The van der Waals surface area contributed by atoms with Crippen LogP contribution in [0.2, 0.25) is 0 Å². The fourth-order valence-corrected chi connectivity index (χ4v) is 4.40. The van der Waals surface area contributed by atoms with Gasteiger partial charge in [-0.25, -0.2) is 8.42 Å². The second kappa shape index (κ2) is 8.30. The zero-order chi connectivity index (χ0) is 22.0. The minimum atomic E-state index is -4.02. The monoisotopic (exact) mass is 419 g/mol. The van der Waals surface area contributed by atoms with E-state index in [0.717, 1.165) is 16.5 Å². The average molecular weight is 420 g/mol. The van der Waals surface area contributed by atoms with Crippen molar-refractivity contribution in [1.82, 2.24) is 9.88 Å². The Morgan fingerprint density at radius 2 is 2.10 bits per heavy atom. The summed E-state index contributed by atoms with van der Waals surface area (Å²) in [7, 11) is -0.739. The molecular formula is C20H29N5O3S. The van der Waals surface area contributed by atoms with Crippen LogP contribution in [0.3, 0.4) is 0 Å². The van der Waals surface area contributed by atoms with Gasteiger partial charge in [-0.2, -0.15) is 0 Å². The first kappa shape index (κ1) is 22.5. The van der Waals surface area contributed by atoms with Gasteiger partial charge < -0.3 is 20.7 Å². The first-order chi connectivity index (χ1) is 13.4. The molecule has 29 heavy (non-hydrogen) atoms. The van der Waals surface area contributed by atoms with Crippen molar-refractivity contribution in [3.8, 4) is 0 Å². The molecule has 8 nitrogen and oxygen atoms in total. The summed E-state index contributed by atoms with van der Waals surface area (Å²) >= 11 is 0. The molecule has 0 fully saturated rings. The number of aromatic amines is 1. The molecule has 0 aliphatic heterocycles. The van der Waals surface area contributed by atoms with Gasteiger partial charge in [0.1, 0.15) is 10.7 Å². The molecular weight excluding hydrogens is 390 g/mol. The van der Waals surface area contributed by atoms with Gasteiger partial charge in [-0.05, 0) is 38.5 Å². The molecule has 1 heterocycles. The van der Waals surface area contributed by atoms with Crippen LogP contribution in [0.1, 0.15) is 25.0 Å². The van der Waals surface area contributed by atoms with Gasteiger partial charge in [0.15, 0.2) is 0 Å². The number of benzene rings is 1. The maximum absolute atomic E-state index is 13.1. The Morgan fingerprint density at radius 1 is 1.45 bits per heavy atom. The van der Waals surface area contributed by atoms with Crippen LogP contribution in [-0.2, 0) is 10.0 Å². The maximum atomic E-state index is 13.1. The highest BCUT2D eigenvalue weighted by molar-refractivity contribution is 7.96. The Balaban J connectivity index is 2.51. The number of sulfonamides is 1. The van der Waals surface area contributed by atoms with Crippen molar-refractivity contribution in [1.29, 1.82) is 0 Å². The van der Waals surface area contributed by atoms with E-state index in [0.29, 0.717) is 11.2 Å². The van der Waals surface area contributed by atoms with Crippen molar-refractivity contribution in [3.63, 3.8) is 0 Å². The van der Waals surface area contributed by atoms with Gasteiger partial charge in [0, 0.05) is 44.0 Å². The number of nitrogens with two attached hydrogens (primary N) is 1. The summed E-state index contributed by atoms with van der Waals surface area (Å²) in [6, 6.07) is 3.53. The largest absolute Gasteiger partial charge is 0.389 e. The molecule has 5 N–H and O–H groups in total. The molecule has 0 saturated carbocycles. The first-order valence-corrected chi connectivity index (χ1v) is 10.5. The van der Waals surface area contributed by atoms with E-state index in [1.807, 2.05) is 13.0 Å². The smallest absolute Gasteiger partial charge is 0.265 e. The van der Waals surface area contributed by atoms with E-state index in [9.17, 15) is 13.5 Å². The summed E-state index contributed by atoms with van der Waals surface area (Å²) in [4.78, 5) is 8.46. The number of aryl methyl sites for hydroxylation is 1. The lowest BCUT2D eigenvalue weighted by Crippen LogP contribution is -2.39. The van der Waals surface area contributed by atoms with E-state index in [1.165, 1.54) is 11.0 Å². The first-order valence-electron chi connectivity index (χ1n) is 9.02. The minimum Gasteiger partial charge on any atom is -0.389 e. The molecule has 0 spiro atoms. The number of H-pyrrole nitrogens is 1. The van der Waals surface area contributed by atoms with Gasteiger partial charge in [0.05, 0.1) is 16.8 Å². The van der Waals surface area contributed by atoms with Gasteiger partial charge in [-0.1, -0.05) is 12.6 Å². The zero-order valence-corrected chi connectivity index (χ0v) is 18.3. The summed E-state index contributed by atoms with van der Waals surface area (Å²) in [6.45, 7) is 8.92. The van der Waals surface area contributed by atoms with E-state index >= 15 is 0 Å². The van der Waals surface area contributed by atoms with E-state index in [2.05, 4.69) is 21.3 Å². The van der Waals surface area contributed by atoms with E-state index in [4.69, 9.17) is 5.73 Å². The predicted octanol–water partition coefficient (Wildman–Crippen LogP) is 2.28. The molecule has 9 heteroatoms. The number of likely N-dealkylation sites (N-methyl/N-ethyl adjacent to an activating group) is 1. The summed E-state index contributed by atoms with van der Waals surface area (Å²) in [5.74, 6) is -0.0109. The topological polar surface area (TPSA) is 124 Å². The number of nitrogens with one attached hydrogen (secondary N) is 2. The van der Waals surface area contributed by atoms with Crippen LogP contribution in [0.5, 0.6) is 0 Å². The third-order valence-corrected chi connectivity index (χ3v) is 5.79. The van der Waals surface area contributed by atoms with Gasteiger partial charge in [-0.3, -0.25) is 9.71 Å². The number of aliphatic imine (C=N–C) groups is 1. The third-order valence-electron chi connectivity index (χ3n) is 4.35. The number of fused-ring (bicyclic) bond motifs is 1. The van der Waals surface area contributed by atoms with Gasteiger partial charge in [0.2, 0.25) is 0 Å². The SMILES string of the molecule is C=C/C(=C(/N)N(C)CC(C)(C)O)S(=O)(=O)Nc1ccc(C)c2c(/C=N\C)c[nH]c12. The summed E-state index contributed by atoms with van der Waals surface area (Å²) in [6.07, 6.45) is 4.68. The lowest BCUT2D eigenvalue weighted by atomic mass is 10.1. The van der Waals surface area contributed by atoms with Crippen molar-refractivity contribution in [3.05, 3.63) is 52.8 Å². The maximum Gasteiger partial charge on any atom is 0.265 e. The number of allylic oxidation sites excluding steroid dienone is 1. The highest BCUT2D eigenvalue weighted by Gasteiger charge is 2.24. The summed E-state index contributed by atoms with van der Waals surface area (Å²) in [5, 5.41) is 10.9. The molecule has 0 unspecified atom stereocenters. The molecule has 0 amide bonds. The fraction of sp³-hybridized carbons (Fsp3) is 0.350. The predicted molar refractivity (Wildman–Crippen MR) is 119 cm³/mol. The van der Waals surface area contributed by atoms with Gasteiger partial charge in [0.25, 0.3) is 10.0 Å². The number of rotatable bonds is 8. The van der Waals surface area contributed by atoms with Crippen molar-refractivity contribution in [2.45, 2.75) is 26.4 Å². The number of hydrogen-bond acceptors (Lipinski definition) is 6. The Labute approximate surface area is 171 Å². The highest BCUT2D eigenvalue weighted by Crippen LogP contribution is 2.30. The average Bonchev–Trinajstić information content (AvgIpc) is 3.01. The second-order valence-corrected chi connectivity index (χ2v) is 9.19. The molecule has 1 aromatic carbocycles. The van der Waals surface area contributed by atoms with E-state index in [-0.39, 0.29) is 17.3 Å². The summed E-state index contributed by atoms with van der Waals surface area (Å²) in [5.41, 5.74) is 7.92. The Morgan fingerprint density at radius 3 is 2.66 bits per heavy atom. The van der Waals surface area contributed by atoms with Crippen molar-refractivity contribution >= 4 is 32.8 Å². The van der Waals surface area contributed by atoms with E-state index in [1.54, 1.807) is 46.4 Å². The quantitative estimate of drug-likeness (QED) is 0.386. The Bertz CT molecular complexity index is 1080. The molecule has 0 bridgehead atoms. The molecule has 0 atom stereocenters. The molecule has 158 valence electrons. The number of hydrogen-bond donors (Lipinski definition) is 4. The van der Waals surface area contributed by atoms with Crippen molar-refractivity contribution < 1.29 is 13.5 Å². The zero-order valence-electron chi connectivity index (χ0n) is 17.4. The molecule has 0 saturated heterocycles. The highest BCUT2D eigenvalue weighted by atomic mass is 32.2. The Hall–Kier alpha value is -2.78. The second-order valence-electron chi connectivity index (χ2n) is 7.54. The standard InChI is InChI=1S/C20H29N5O3S/c1-7-16(19(21)25(6)12-20(3,4)26)29(27,28)24-15-9-8-13(2)17-14(10-22-5)11-23-18(15)17/h7-11,23-24,26H,1,12,21H2,2-6H3/b19-16+,22-10-. The van der Waals surface area contributed by atoms with Crippen LogP contribution in [-0.4, -0.2) is 55.9 Å². The molecule has 0 radical (unpaired) electrons. The fourth-order valence-electron chi connectivity index (χ4n) is 3.18. The Kier molecular flexibility index (Phi) is 6.44. The molecule has 2 rings (SSSR count). The normalized spacial score (nSPS) is 13.6. The molecule has 0 aliphatic rings. The molecule has 1 aromatic heterocycles. The van der Waals surface area contributed by atoms with Gasteiger partial charge in [-0.15, -0.1) is 0 Å². The molecule has 0 aliphatic carbocycles. The van der Waals surface area contributed by atoms with Gasteiger partial charge >= 0.3 is 0 Å². The minimum absolute atomic E-state index is 0.0109. The number of anilines is 1. The lowest BCUT2D eigenvalue weighted by molar-refractivity contribution is 0.0532. The van der Waals surface area contributed by atoms with Crippen LogP contribution in [0.4, 0.5) is 5.69 Å². The van der Waals surface area contributed by atoms with E-state index < -0.39 is 15.6 Å². The third kappa shape index (κ3) is 4.99. The van der Waals surface area contributed by atoms with Crippen LogP contribution in [0.15, 0.2) is 46.7 Å². The van der Waals surface area contributed by atoms with Crippen LogP contribution < -0.4 is 10.5 Å². The van der Waals surface area contributed by atoms with Crippen LogP contribution >= 0.6 is 0 Å². The summed E-state index contributed by atoms with van der Waals surface area (Å²) < 4.78 is 28.7. The molecule has 2 aromatic rings.